The van der Waals surface area contributed by atoms with Crippen molar-refractivity contribution in [2.75, 3.05) is 44.8 Å². The van der Waals surface area contributed by atoms with Crippen LogP contribution in [0, 0.1) is 0 Å². The van der Waals surface area contributed by atoms with E-state index in [0.29, 0.717) is 24.6 Å². The number of benzene rings is 1. The van der Waals surface area contributed by atoms with E-state index in [-0.39, 0.29) is 5.91 Å². The Bertz CT molecular complexity index is 732. The molecule has 6 nitrogen and oxygen atoms in total. The third-order valence-electron chi connectivity index (χ3n) is 4.56. The van der Waals surface area contributed by atoms with Crippen molar-refractivity contribution in [2.45, 2.75) is 19.3 Å². The maximum absolute atomic E-state index is 12.1. The summed E-state index contributed by atoms with van der Waals surface area (Å²) in [6.07, 6.45) is 3.71. The summed E-state index contributed by atoms with van der Waals surface area (Å²) in [4.78, 5) is 18.6. The molecule has 1 fully saturated rings. The molecule has 2 heterocycles. The first-order chi connectivity index (χ1) is 13.7. The fourth-order valence-electron chi connectivity index (χ4n) is 2.97. The van der Waals surface area contributed by atoms with Gasteiger partial charge in [0, 0.05) is 37.1 Å². The number of carbonyl (C=O) groups excluding carboxylic acids is 1. The van der Waals surface area contributed by atoms with Crippen molar-refractivity contribution in [3.8, 4) is 5.88 Å². The first-order valence-corrected chi connectivity index (χ1v) is 10.00. The lowest BCUT2D eigenvalue weighted by atomic mass is 10.1. The van der Waals surface area contributed by atoms with Gasteiger partial charge < -0.3 is 14.8 Å². The average Bonchev–Trinajstić information content (AvgIpc) is 2.72. The molecule has 0 saturated carbocycles. The topological polar surface area (TPSA) is 63.7 Å². The summed E-state index contributed by atoms with van der Waals surface area (Å²) >= 11 is 5.88. The fourth-order valence-corrected chi connectivity index (χ4v) is 3.10. The molecule has 0 radical (unpaired) electrons. The normalized spacial score (nSPS) is 14.6. The van der Waals surface area contributed by atoms with Crippen LogP contribution < -0.4 is 10.1 Å². The molecule has 1 aromatic heterocycles. The number of aryl methyl sites for hydroxylation is 1. The molecule has 1 aliphatic heterocycles. The lowest BCUT2D eigenvalue weighted by molar-refractivity contribution is -0.116. The minimum atomic E-state index is -0.0169. The van der Waals surface area contributed by atoms with Gasteiger partial charge in [0.15, 0.2) is 0 Å². The Kier molecular flexibility index (Phi) is 8.08. The second-order valence-corrected chi connectivity index (χ2v) is 7.15. The molecule has 1 aliphatic rings. The third kappa shape index (κ3) is 7.11. The maximum atomic E-state index is 12.1. The van der Waals surface area contributed by atoms with Gasteiger partial charge in [0.05, 0.1) is 25.1 Å². The summed E-state index contributed by atoms with van der Waals surface area (Å²) in [6, 6.07) is 11.3. The van der Waals surface area contributed by atoms with Crippen LogP contribution in [0.3, 0.4) is 0 Å². The molecule has 0 unspecified atom stereocenters. The summed E-state index contributed by atoms with van der Waals surface area (Å²) in [6.45, 7) is 4.90. The number of morpholine rings is 1. The predicted octanol–water partition coefficient (Wildman–Crippen LogP) is 3.41. The fraction of sp³-hybridized carbons (Fsp3) is 0.429. The lowest BCUT2D eigenvalue weighted by Crippen LogP contribution is -2.38. The van der Waals surface area contributed by atoms with Gasteiger partial charge in [0.1, 0.15) is 6.61 Å². The van der Waals surface area contributed by atoms with E-state index in [1.807, 2.05) is 30.3 Å². The van der Waals surface area contributed by atoms with Crippen LogP contribution in [0.4, 0.5) is 5.69 Å². The highest BCUT2D eigenvalue weighted by Gasteiger charge is 2.10. The highest BCUT2D eigenvalue weighted by atomic mass is 35.5. The third-order valence-corrected chi connectivity index (χ3v) is 4.82. The van der Waals surface area contributed by atoms with Gasteiger partial charge in [-0.2, -0.15) is 0 Å². The van der Waals surface area contributed by atoms with E-state index in [9.17, 15) is 4.79 Å². The van der Waals surface area contributed by atoms with Gasteiger partial charge in [-0.25, -0.2) is 4.98 Å². The van der Waals surface area contributed by atoms with Gasteiger partial charge in [-0.1, -0.05) is 23.7 Å². The Balaban J connectivity index is 1.33. The van der Waals surface area contributed by atoms with Crippen LogP contribution in [0.15, 0.2) is 42.6 Å². The molecule has 0 atom stereocenters. The quantitative estimate of drug-likeness (QED) is 0.695. The molecule has 28 heavy (non-hydrogen) atoms. The zero-order valence-electron chi connectivity index (χ0n) is 15.9. The SMILES string of the molecule is O=C(CCCc1ccc(Cl)cc1)Nc1ccc(OCCN2CCOCC2)nc1. The van der Waals surface area contributed by atoms with Crippen LogP contribution in [0.1, 0.15) is 18.4 Å². The molecule has 1 amide bonds. The molecule has 1 saturated heterocycles. The number of carbonyl (C=O) groups is 1. The van der Waals surface area contributed by atoms with Crippen LogP contribution in [-0.4, -0.2) is 55.2 Å². The van der Waals surface area contributed by atoms with E-state index >= 15 is 0 Å². The summed E-state index contributed by atoms with van der Waals surface area (Å²) < 4.78 is 11.0. The number of ether oxygens (including phenoxy) is 2. The number of pyridine rings is 1. The Morgan fingerprint density at radius 1 is 1.18 bits per heavy atom. The maximum Gasteiger partial charge on any atom is 0.224 e. The summed E-state index contributed by atoms with van der Waals surface area (Å²) in [5, 5.41) is 3.60. The number of hydrogen-bond acceptors (Lipinski definition) is 5. The monoisotopic (exact) mass is 403 g/mol. The van der Waals surface area contributed by atoms with Gasteiger partial charge in [-0.15, -0.1) is 0 Å². The van der Waals surface area contributed by atoms with Crippen molar-refractivity contribution in [2.24, 2.45) is 0 Å². The van der Waals surface area contributed by atoms with Crippen LogP contribution in [0.25, 0.3) is 0 Å². The second kappa shape index (κ2) is 11.0. The van der Waals surface area contributed by atoms with Crippen molar-refractivity contribution in [1.82, 2.24) is 9.88 Å². The minimum Gasteiger partial charge on any atom is -0.476 e. The first-order valence-electron chi connectivity index (χ1n) is 9.62. The van der Waals surface area contributed by atoms with Gasteiger partial charge in [-0.3, -0.25) is 9.69 Å². The smallest absolute Gasteiger partial charge is 0.224 e. The van der Waals surface area contributed by atoms with Crippen molar-refractivity contribution in [3.05, 3.63) is 53.2 Å². The Morgan fingerprint density at radius 3 is 2.68 bits per heavy atom. The summed E-state index contributed by atoms with van der Waals surface area (Å²) in [7, 11) is 0. The predicted molar refractivity (Wildman–Crippen MR) is 110 cm³/mol. The lowest BCUT2D eigenvalue weighted by Gasteiger charge is -2.26. The molecule has 0 spiro atoms. The Labute approximate surface area is 170 Å². The Morgan fingerprint density at radius 2 is 1.96 bits per heavy atom. The average molecular weight is 404 g/mol. The molecule has 0 aliphatic carbocycles. The van der Waals surface area contributed by atoms with Gasteiger partial charge in [0.2, 0.25) is 11.8 Å². The highest BCUT2D eigenvalue weighted by molar-refractivity contribution is 6.30. The number of anilines is 1. The zero-order valence-corrected chi connectivity index (χ0v) is 16.7. The highest BCUT2D eigenvalue weighted by Crippen LogP contribution is 2.14. The molecule has 150 valence electrons. The molecule has 1 N–H and O–H groups in total. The zero-order chi connectivity index (χ0) is 19.6. The number of halogens is 1. The van der Waals surface area contributed by atoms with Gasteiger partial charge in [-0.05, 0) is 36.6 Å². The van der Waals surface area contributed by atoms with Crippen molar-refractivity contribution in [3.63, 3.8) is 0 Å². The summed E-state index contributed by atoms with van der Waals surface area (Å²) in [5.41, 5.74) is 1.86. The molecular formula is C21H26ClN3O3. The Hall–Kier alpha value is -2.15. The largest absolute Gasteiger partial charge is 0.476 e. The van der Waals surface area contributed by atoms with Crippen molar-refractivity contribution >= 4 is 23.2 Å². The van der Waals surface area contributed by atoms with Crippen LogP contribution in [0.5, 0.6) is 5.88 Å². The number of rotatable bonds is 9. The van der Waals surface area contributed by atoms with E-state index in [4.69, 9.17) is 21.1 Å². The van der Waals surface area contributed by atoms with Crippen molar-refractivity contribution in [1.29, 1.82) is 0 Å². The molecule has 7 heteroatoms. The summed E-state index contributed by atoms with van der Waals surface area (Å²) in [5.74, 6) is 0.547. The van der Waals surface area contributed by atoms with Crippen LogP contribution in [-0.2, 0) is 16.0 Å². The molecule has 1 aromatic carbocycles. The van der Waals surface area contributed by atoms with Crippen molar-refractivity contribution < 1.29 is 14.3 Å². The number of nitrogens with one attached hydrogen (secondary N) is 1. The number of aromatic nitrogens is 1. The number of nitrogens with zero attached hydrogens (tertiary/aromatic N) is 2. The first kappa shape index (κ1) is 20.6. The molecular weight excluding hydrogens is 378 g/mol. The second-order valence-electron chi connectivity index (χ2n) is 6.72. The minimum absolute atomic E-state index is 0.0169. The molecule has 3 rings (SSSR count). The number of amides is 1. The van der Waals surface area contributed by atoms with E-state index in [0.717, 1.165) is 50.7 Å². The standard InChI is InChI=1S/C21H26ClN3O3/c22-18-6-4-17(5-7-18)2-1-3-20(26)24-19-8-9-21(23-16-19)28-15-12-25-10-13-27-14-11-25/h4-9,16H,1-3,10-15H2,(H,24,26). The van der Waals surface area contributed by atoms with E-state index in [2.05, 4.69) is 15.2 Å². The van der Waals surface area contributed by atoms with Crippen LogP contribution in [0.2, 0.25) is 5.02 Å². The van der Waals surface area contributed by atoms with E-state index in [1.165, 1.54) is 5.56 Å². The van der Waals surface area contributed by atoms with Gasteiger partial charge >= 0.3 is 0 Å². The number of hydrogen-bond donors (Lipinski definition) is 1. The van der Waals surface area contributed by atoms with Gasteiger partial charge in [0.25, 0.3) is 0 Å². The van der Waals surface area contributed by atoms with E-state index < -0.39 is 0 Å². The van der Waals surface area contributed by atoms with E-state index in [1.54, 1.807) is 12.3 Å². The molecule has 0 bridgehead atoms. The van der Waals surface area contributed by atoms with Crippen LogP contribution >= 0.6 is 11.6 Å². The molecule has 2 aromatic rings.